The SMILES string of the molecule is COCCN(CC(=O)Nc1ccccc1C(F)(F)F)C(=O)c1ccc(-c2ccc(Cl)cc2)s1. The van der Waals surface area contributed by atoms with Crippen LogP contribution in [0.4, 0.5) is 18.9 Å². The van der Waals surface area contributed by atoms with Gasteiger partial charge in [0.15, 0.2) is 0 Å². The average molecular weight is 497 g/mol. The number of para-hydroxylation sites is 1. The number of nitrogens with one attached hydrogen (secondary N) is 1. The summed E-state index contributed by atoms with van der Waals surface area (Å²) in [6, 6.07) is 15.3. The van der Waals surface area contributed by atoms with Crippen molar-refractivity contribution in [3.05, 3.63) is 76.1 Å². The summed E-state index contributed by atoms with van der Waals surface area (Å²) in [5.41, 5.74) is -0.442. The number of ether oxygens (including phenoxy) is 1. The molecule has 3 aromatic rings. The van der Waals surface area contributed by atoms with Gasteiger partial charge in [-0.3, -0.25) is 9.59 Å². The molecule has 2 aromatic carbocycles. The Labute approximate surface area is 197 Å². The fourth-order valence-electron chi connectivity index (χ4n) is 3.03. The van der Waals surface area contributed by atoms with Gasteiger partial charge in [0.2, 0.25) is 5.91 Å². The van der Waals surface area contributed by atoms with Crippen molar-refractivity contribution in [2.24, 2.45) is 0 Å². The van der Waals surface area contributed by atoms with Crippen LogP contribution in [0.1, 0.15) is 15.2 Å². The quantitative estimate of drug-likeness (QED) is 0.428. The van der Waals surface area contributed by atoms with Crippen molar-refractivity contribution in [2.75, 3.05) is 32.1 Å². The largest absolute Gasteiger partial charge is 0.418 e. The number of amides is 2. The molecule has 33 heavy (non-hydrogen) atoms. The molecule has 0 aliphatic rings. The molecule has 0 fully saturated rings. The molecule has 3 rings (SSSR count). The van der Waals surface area contributed by atoms with Gasteiger partial charge in [-0.05, 0) is 42.0 Å². The second-order valence-electron chi connectivity index (χ2n) is 6.98. The van der Waals surface area contributed by atoms with E-state index in [-0.39, 0.29) is 18.8 Å². The zero-order valence-electron chi connectivity index (χ0n) is 17.5. The summed E-state index contributed by atoms with van der Waals surface area (Å²) in [5, 5.41) is 2.86. The van der Waals surface area contributed by atoms with E-state index in [1.807, 2.05) is 12.1 Å². The van der Waals surface area contributed by atoms with E-state index in [1.54, 1.807) is 24.3 Å². The molecule has 10 heteroatoms. The van der Waals surface area contributed by atoms with Crippen LogP contribution in [0.2, 0.25) is 5.02 Å². The summed E-state index contributed by atoms with van der Waals surface area (Å²) in [6.07, 6.45) is -4.62. The number of alkyl halides is 3. The van der Waals surface area contributed by atoms with E-state index in [0.29, 0.717) is 9.90 Å². The van der Waals surface area contributed by atoms with Crippen LogP contribution >= 0.6 is 22.9 Å². The molecule has 2 amide bonds. The van der Waals surface area contributed by atoms with Crippen LogP contribution in [0.25, 0.3) is 10.4 Å². The molecule has 0 radical (unpaired) electrons. The Bertz CT molecular complexity index is 1120. The van der Waals surface area contributed by atoms with Crippen LogP contribution in [-0.4, -0.2) is 43.5 Å². The van der Waals surface area contributed by atoms with Crippen molar-refractivity contribution in [3.8, 4) is 10.4 Å². The maximum atomic E-state index is 13.2. The standard InChI is InChI=1S/C23H20ClF3N2O3S/c1-32-13-12-29(14-21(30)28-18-5-3-2-4-17(18)23(25,26)27)22(31)20-11-10-19(33-20)15-6-8-16(24)9-7-15/h2-11H,12-14H2,1H3,(H,28,30). The lowest BCUT2D eigenvalue weighted by Crippen LogP contribution is -2.39. The monoisotopic (exact) mass is 496 g/mol. The number of hydrogen-bond donors (Lipinski definition) is 1. The highest BCUT2D eigenvalue weighted by Crippen LogP contribution is 2.34. The van der Waals surface area contributed by atoms with Crippen molar-refractivity contribution in [3.63, 3.8) is 0 Å². The van der Waals surface area contributed by atoms with Gasteiger partial charge in [-0.25, -0.2) is 0 Å². The summed E-state index contributed by atoms with van der Waals surface area (Å²) in [7, 11) is 1.45. The molecule has 1 heterocycles. The van der Waals surface area contributed by atoms with Crippen LogP contribution < -0.4 is 5.32 Å². The first-order valence-electron chi connectivity index (χ1n) is 9.79. The second kappa shape index (κ2) is 10.8. The minimum absolute atomic E-state index is 0.0951. The van der Waals surface area contributed by atoms with E-state index < -0.39 is 30.1 Å². The second-order valence-corrected chi connectivity index (χ2v) is 8.50. The van der Waals surface area contributed by atoms with Crippen molar-refractivity contribution >= 4 is 40.4 Å². The Hall–Kier alpha value is -2.88. The number of carbonyl (C=O) groups is 2. The molecule has 0 aliphatic heterocycles. The van der Waals surface area contributed by atoms with E-state index >= 15 is 0 Å². The van der Waals surface area contributed by atoms with Crippen LogP contribution in [0.5, 0.6) is 0 Å². The number of methoxy groups -OCH3 is 1. The molecule has 0 saturated carbocycles. The highest BCUT2D eigenvalue weighted by atomic mass is 35.5. The van der Waals surface area contributed by atoms with Crippen LogP contribution in [0.15, 0.2) is 60.7 Å². The molecule has 0 bridgehead atoms. The van der Waals surface area contributed by atoms with E-state index in [2.05, 4.69) is 5.32 Å². The van der Waals surface area contributed by atoms with Crippen molar-refractivity contribution in [1.82, 2.24) is 4.90 Å². The van der Waals surface area contributed by atoms with E-state index in [4.69, 9.17) is 16.3 Å². The Balaban J connectivity index is 1.75. The Morgan fingerprint density at radius 3 is 2.42 bits per heavy atom. The van der Waals surface area contributed by atoms with Crippen molar-refractivity contribution in [2.45, 2.75) is 6.18 Å². The Morgan fingerprint density at radius 1 is 1.06 bits per heavy atom. The number of halogens is 4. The summed E-state index contributed by atoms with van der Waals surface area (Å²) >= 11 is 7.16. The molecule has 1 N–H and O–H groups in total. The minimum atomic E-state index is -4.62. The maximum absolute atomic E-state index is 13.2. The predicted octanol–water partition coefficient (Wildman–Crippen LogP) is 5.81. The number of hydrogen-bond acceptors (Lipinski definition) is 4. The molecule has 0 aliphatic carbocycles. The van der Waals surface area contributed by atoms with Crippen molar-refractivity contribution < 1.29 is 27.5 Å². The zero-order valence-corrected chi connectivity index (χ0v) is 19.1. The number of thiophene rings is 1. The predicted molar refractivity (Wildman–Crippen MR) is 123 cm³/mol. The van der Waals surface area contributed by atoms with Gasteiger partial charge in [0.1, 0.15) is 6.54 Å². The summed E-state index contributed by atoms with van der Waals surface area (Å²) in [6.45, 7) is -0.173. The van der Waals surface area contributed by atoms with Crippen LogP contribution in [0, 0.1) is 0 Å². The van der Waals surface area contributed by atoms with Gasteiger partial charge in [0.25, 0.3) is 5.91 Å². The van der Waals surface area contributed by atoms with E-state index in [9.17, 15) is 22.8 Å². The van der Waals surface area contributed by atoms with Gasteiger partial charge in [0, 0.05) is 23.6 Å². The maximum Gasteiger partial charge on any atom is 0.418 e. The van der Waals surface area contributed by atoms with Gasteiger partial charge >= 0.3 is 6.18 Å². The Morgan fingerprint density at radius 2 is 1.76 bits per heavy atom. The van der Waals surface area contributed by atoms with Gasteiger partial charge < -0.3 is 15.0 Å². The molecule has 0 unspecified atom stereocenters. The molecule has 0 saturated heterocycles. The third-order valence-electron chi connectivity index (χ3n) is 4.64. The molecule has 0 spiro atoms. The number of rotatable bonds is 8. The molecular formula is C23H20ClF3N2O3S. The molecule has 5 nitrogen and oxygen atoms in total. The van der Waals surface area contributed by atoms with Crippen LogP contribution in [0.3, 0.4) is 0 Å². The van der Waals surface area contributed by atoms with E-state index in [1.165, 1.54) is 41.5 Å². The zero-order chi connectivity index (χ0) is 24.0. The van der Waals surface area contributed by atoms with E-state index in [0.717, 1.165) is 16.5 Å². The molecule has 174 valence electrons. The van der Waals surface area contributed by atoms with Crippen molar-refractivity contribution in [1.29, 1.82) is 0 Å². The van der Waals surface area contributed by atoms with Gasteiger partial charge in [-0.1, -0.05) is 35.9 Å². The minimum Gasteiger partial charge on any atom is -0.383 e. The average Bonchev–Trinajstić information content (AvgIpc) is 3.26. The lowest BCUT2D eigenvalue weighted by molar-refractivity contribution is -0.137. The number of carbonyl (C=O) groups excluding carboxylic acids is 2. The topological polar surface area (TPSA) is 58.6 Å². The fraction of sp³-hybridized carbons (Fsp3) is 0.217. The third-order valence-corrected chi connectivity index (χ3v) is 6.01. The lowest BCUT2D eigenvalue weighted by atomic mass is 10.1. The molecule has 0 atom stereocenters. The third kappa shape index (κ3) is 6.56. The number of nitrogens with zero attached hydrogens (tertiary/aromatic N) is 1. The summed E-state index contributed by atoms with van der Waals surface area (Å²) in [4.78, 5) is 28.1. The normalized spacial score (nSPS) is 11.3. The van der Waals surface area contributed by atoms with Gasteiger partial charge in [-0.2, -0.15) is 13.2 Å². The fourth-order valence-corrected chi connectivity index (χ4v) is 4.14. The lowest BCUT2D eigenvalue weighted by Gasteiger charge is -2.22. The first kappa shape index (κ1) is 24.8. The molecular weight excluding hydrogens is 477 g/mol. The first-order valence-corrected chi connectivity index (χ1v) is 11.0. The number of anilines is 1. The Kier molecular flexibility index (Phi) is 8.12. The summed E-state index contributed by atoms with van der Waals surface area (Å²) < 4.78 is 44.6. The molecule has 1 aromatic heterocycles. The summed E-state index contributed by atoms with van der Waals surface area (Å²) in [5.74, 6) is -1.16. The van der Waals surface area contributed by atoms with Gasteiger partial charge in [-0.15, -0.1) is 11.3 Å². The first-order chi connectivity index (χ1) is 15.7. The highest BCUT2D eigenvalue weighted by molar-refractivity contribution is 7.17. The van der Waals surface area contributed by atoms with Crippen LogP contribution in [-0.2, 0) is 15.7 Å². The number of benzene rings is 2. The smallest absolute Gasteiger partial charge is 0.383 e. The highest BCUT2D eigenvalue weighted by Gasteiger charge is 2.33. The van der Waals surface area contributed by atoms with Gasteiger partial charge in [0.05, 0.1) is 22.7 Å².